The Morgan fingerprint density at radius 1 is 1.47 bits per heavy atom. The maximum Gasteiger partial charge on any atom is 0.323 e. The van der Waals surface area contributed by atoms with Gasteiger partial charge >= 0.3 is 12.0 Å². The lowest BCUT2D eigenvalue weighted by Crippen LogP contribution is -2.40. The molecule has 1 aliphatic carbocycles. The first-order valence-electron chi connectivity index (χ1n) is 6.03. The van der Waals surface area contributed by atoms with Gasteiger partial charge in [-0.05, 0) is 37.5 Å². The van der Waals surface area contributed by atoms with Crippen molar-refractivity contribution >= 4 is 17.7 Å². The SMILES string of the molecule is Cc1ccc(F)cc1NC(=O)N(CC(=O)O)C1CC1. The Kier molecular flexibility index (Phi) is 3.69. The Morgan fingerprint density at radius 2 is 2.16 bits per heavy atom. The van der Waals surface area contributed by atoms with Gasteiger partial charge in [-0.1, -0.05) is 6.07 Å². The van der Waals surface area contributed by atoms with E-state index in [1.165, 1.54) is 17.0 Å². The Hall–Kier alpha value is -2.11. The maximum absolute atomic E-state index is 13.1. The Balaban J connectivity index is 2.10. The highest BCUT2D eigenvalue weighted by molar-refractivity contribution is 5.92. The molecule has 5 nitrogen and oxygen atoms in total. The highest BCUT2D eigenvalue weighted by atomic mass is 19.1. The quantitative estimate of drug-likeness (QED) is 0.877. The number of aryl methyl sites for hydroxylation is 1. The van der Waals surface area contributed by atoms with Crippen LogP contribution in [0.15, 0.2) is 18.2 Å². The lowest BCUT2D eigenvalue weighted by atomic mass is 10.2. The second kappa shape index (κ2) is 5.26. The monoisotopic (exact) mass is 266 g/mol. The summed E-state index contributed by atoms with van der Waals surface area (Å²) in [5, 5.41) is 11.4. The highest BCUT2D eigenvalue weighted by Gasteiger charge is 2.34. The van der Waals surface area contributed by atoms with E-state index in [4.69, 9.17) is 5.11 Å². The van der Waals surface area contributed by atoms with Crippen LogP contribution in [0.1, 0.15) is 18.4 Å². The molecule has 2 amide bonds. The number of aliphatic carboxylic acids is 1. The lowest BCUT2D eigenvalue weighted by Gasteiger charge is -2.21. The van der Waals surface area contributed by atoms with Crippen LogP contribution in [0.5, 0.6) is 0 Å². The highest BCUT2D eigenvalue weighted by Crippen LogP contribution is 2.27. The van der Waals surface area contributed by atoms with Gasteiger partial charge in [0.25, 0.3) is 0 Å². The zero-order valence-electron chi connectivity index (χ0n) is 10.5. The number of carbonyl (C=O) groups is 2. The van der Waals surface area contributed by atoms with Crippen LogP contribution in [0.4, 0.5) is 14.9 Å². The van der Waals surface area contributed by atoms with Gasteiger partial charge in [0, 0.05) is 11.7 Å². The van der Waals surface area contributed by atoms with E-state index in [0.29, 0.717) is 5.69 Å². The van der Waals surface area contributed by atoms with E-state index in [0.717, 1.165) is 18.4 Å². The lowest BCUT2D eigenvalue weighted by molar-refractivity contribution is -0.137. The minimum atomic E-state index is -1.06. The van der Waals surface area contributed by atoms with E-state index >= 15 is 0 Å². The van der Waals surface area contributed by atoms with Crippen molar-refractivity contribution in [3.8, 4) is 0 Å². The molecule has 1 aromatic carbocycles. The first kappa shape index (κ1) is 13.3. The van der Waals surface area contributed by atoms with E-state index < -0.39 is 17.8 Å². The van der Waals surface area contributed by atoms with Crippen molar-refractivity contribution < 1.29 is 19.1 Å². The Morgan fingerprint density at radius 3 is 2.74 bits per heavy atom. The largest absolute Gasteiger partial charge is 0.480 e. The third-order valence-corrected chi connectivity index (χ3v) is 3.00. The molecule has 0 aromatic heterocycles. The molecule has 1 aromatic rings. The summed E-state index contributed by atoms with van der Waals surface area (Å²) in [7, 11) is 0. The molecule has 0 unspecified atom stereocenters. The Labute approximate surface area is 110 Å². The van der Waals surface area contributed by atoms with Crippen molar-refractivity contribution in [3.05, 3.63) is 29.6 Å². The van der Waals surface area contributed by atoms with Gasteiger partial charge < -0.3 is 15.3 Å². The summed E-state index contributed by atoms with van der Waals surface area (Å²) < 4.78 is 13.1. The molecule has 2 N–H and O–H groups in total. The molecule has 0 aliphatic heterocycles. The number of benzene rings is 1. The molecule has 6 heteroatoms. The van der Waals surface area contributed by atoms with Gasteiger partial charge in [0.2, 0.25) is 0 Å². The molecule has 1 fully saturated rings. The minimum absolute atomic E-state index is 0.0232. The summed E-state index contributed by atoms with van der Waals surface area (Å²) in [6.45, 7) is 1.40. The van der Waals surface area contributed by atoms with Crippen LogP contribution in [-0.4, -0.2) is 34.6 Å². The molecule has 102 valence electrons. The summed E-state index contributed by atoms with van der Waals surface area (Å²) in [5.74, 6) is -1.50. The number of nitrogens with zero attached hydrogens (tertiary/aromatic N) is 1. The van der Waals surface area contributed by atoms with Crippen LogP contribution in [-0.2, 0) is 4.79 Å². The summed E-state index contributed by atoms with van der Waals surface area (Å²) in [6.07, 6.45) is 1.62. The average Bonchev–Trinajstić information content (AvgIpc) is 3.14. The van der Waals surface area contributed by atoms with Crippen LogP contribution in [0.2, 0.25) is 0 Å². The number of hydrogen-bond donors (Lipinski definition) is 2. The van der Waals surface area contributed by atoms with Gasteiger partial charge in [0.05, 0.1) is 0 Å². The smallest absolute Gasteiger partial charge is 0.323 e. The van der Waals surface area contributed by atoms with Crippen LogP contribution in [0.3, 0.4) is 0 Å². The number of amides is 2. The van der Waals surface area contributed by atoms with Crippen molar-refractivity contribution in [2.45, 2.75) is 25.8 Å². The number of nitrogens with one attached hydrogen (secondary N) is 1. The van der Waals surface area contributed by atoms with Crippen LogP contribution >= 0.6 is 0 Å². The van der Waals surface area contributed by atoms with Crippen molar-refractivity contribution in [2.24, 2.45) is 0 Å². The second-order valence-electron chi connectivity index (χ2n) is 4.64. The fourth-order valence-electron chi connectivity index (χ4n) is 1.81. The van der Waals surface area contributed by atoms with Crippen LogP contribution in [0.25, 0.3) is 0 Å². The number of anilines is 1. The zero-order valence-corrected chi connectivity index (χ0v) is 10.5. The summed E-state index contributed by atoms with van der Waals surface area (Å²) in [5.41, 5.74) is 1.09. The molecular formula is C13H15FN2O3. The fourth-order valence-corrected chi connectivity index (χ4v) is 1.81. The molecule has 0 radical (unpaired) electrons. The van der Waals surface area contributed by atoms with Crippen molar-refractivity contribution in [1.82, 2.24) is 4.90 Å². The molecule has 1 saturated carbocycles. The van der Waals surface area contributed by atoms with Crippen molar-refractivity contribution in [3.63, 3.8) is 0 Å². The molecule has 0 saturated heterocycles. The van der Waals surface area contributed by atoms with Gasteiger partial charge in [-0.3, -0.25) is 4.79 Å². The third kappa shape index (κ3) is 3.43. The summed E-state index contributed by atoms with van der Waals surface area (Å²) in [6, 6.07) is 3.56. The molecule has 19 heavy (non-hydrogen) atoms. The van der Waals surface area contributed by atoms with Gasteiger partial charge in [-0.15, -0.1) is 0 Å². The first-order chi connectivity index (χ1) is 8.97. The van der Waals surface area contributed by atoms with Gasteiger partial charge in [0.15, 0.2) is 0 Å². The van der Waals surface area contributed by atoms with Gasteiger partial charge in [0.1, 0.15) is 12.4 Å². The van der Waals surface area contributed by atoms with E-state index in [2.05, 4.69) is 5.32 Å². The van der Waals surface area contributed by atoms with E-state index in [-0.39, 0.29) is 12.6 Å². The second-order valence-corrected chi connectivity index (χ2v) is 4.64. The van der Waals surface area contributed by atoms with E-state index in [9.17, 15) is 14.0 Å². The number of carboxylic acid groups (broad SMARTS) is 1. The molecule has 1 aliphatic rings. The third-order valence-electron chi connectivity index (χ3n) is 3.00. The van der Waals surface area contributed by atoms with Crippen molar-refractivity contribution in [1.29, 1.82) is 0 Å². The number of urea groups is 1. The molecule has 2 rings (SSSR count). The summed E-state index contributed by atoms with van der Waals surface area (Å²) >= 11 is 0. The maximum atomic E-state index is 13.1. The van der Waals surface area contributed by atoms with Gasteiger partial charge in [-0.2, -0.15) is 0 Å². The predicted octanol–water partition coefficient (Wildman–Crippen LogP) is 2.22. The number of hydrogen-bond acceptors (Lipinski definition) is 2. The van der Waals surface area contributed by atoms with Crippen molar-refractivity contribution in [2.75, 3.05) is 11.9 Å². The first-order valence-corrected chi connectivity index (χ1v) is 6.03. The zero-order chi connectivity index (χ0) is 14.0. The summed E-state index contributed by atoms with van der Waals surface area (Å²) in [4.78, 5) is 24.0. The van der Waals surface area contributed by atoms with E-state index in [1.54, 1.807) is 13.0 Å². The fraction of sp³-hybridized carbons (Fsp3) is 0.385. The van der Waals surface area contributed by atoms with E-state index in [1.807, 2.05) is 0 Å². The number of halogens is 1. The Bertz CT molecular complexity index is 515. The topological polar surface area (TPSA) is 69.6 Å². The number of rotatable bonds is 4. The van der Waals surface area contributed by atoms with Crippen LogP contribution in [0, 0.1) is 12.7 Å². The molecule has 0 bridgehead atoms. The molecule has 0 atom stereocenters. The normalized spacial score (nSPS) is 14.0. The molecule has 0 spiro atoms. The number of carboxylic acids is 1. The average molecular weight is 266 g/mol. The number of carbonyl (C=O) groups excluding carboxylic acids is 1. The standard InChI is InChI=1S/C13H15FN2O3/c1-8-2-3-9(14)6-11(8)15-13(19)16(7-12(17)18)10-4-5-10/h2-3,6,10H,4-5,7H2,1H3,(H,15,19)(H,17,18). The minimum Gasteiger partial charge on any atom is -0.480 e. The van der Waals surface area contributed by atoms with Crippen LogP contribution < -0.4 is 5.32 Å². The van der Waals surface area contributed by atoms with Gasteiger partial charge in [-0.25, -0.2) is 9.18 Å². The predicted molar refractivity (Wildman–Crippen MR) is 67.5 cm³/mol. The molecule has 0 heterocycles. The molecular weight excluding hydrogens is 251 g/mol.